The Morgan fingerprint density at radius 2 is 1.73 bits per heavy atom. The first-order valence-electron chi connectivity index (χ1n) is 7.21. The molecule has 1 aliphatic heterocycles. The average Bonchev–Trinajstić information content (AvgIpc) is 3.08. The largest absolute Gasteiger partial charge is 0.504 e. The highest BCUT2D eigenvalue weighted by Gasteiger charge is 2.03. The van der Waals surface area contributed by atoms with Crippen LogP contribution < -0.4 is 10.1 Å². The summed E-state index contributed by atoms with van der Waals surface area (Å²) in [7, 11) is 0. The Bertz CT molecular complexity index is 593. The number of benzene rings is 2. The summed E-state index contributed by atoms with van der Waals surface area (Å²) in [5.74, 6) is 0.425. The minimum absolute atomic E-state index is 0.0661. The molecule has 0 unspecified atom stereocenters. The van der Waals surface area contributed by atoms with Gasteiger partial charge in [-0.2, -0.15) is 0 Å². The van der Waals surface area contributed by atoms with Gasteiger partial charge in [0.05, 0.1) is 0 Å². The predicted molar refractivity (Wildman–Crippen MR) is 91.0 cm³/mol. The normalized spacial score (nSPS) is 13.4. The summed E-state index contributed by atoms with van der Waals surface area (Å²) >= 11 is 11.7. The molecule has 1 heterocycles. The Morgan fingerprint density at radius 1 is 1.00 bits per heavy atom. The number of nitrogens with one attached hydrogen (secondary N) is 1. The van der Waals surface area contributed by atoms with E-state index in [1.165, 1.54) is 32.0 Å². The highest BCUT2D eigenvalue weighted by Crippen LogP contribution is 2.29. The van der Waals surface area contributed by atoms with E-state index in [2.05, 4.69) is 5.32 Å². The number of aromatic hydroxyl groups is 1. The summed E-state index contributed by atoms with van der Waals surface area (Å²) < 4.78 is 5.47. The lowest BCUT2D eigenvalue weighted by molar-refractivity contribution is 0.289. The second kappa shape index (κ2) is 8.89. The van der Waals surface area contributed by atoms with Crippen molar-refractivity contribution in [2.45, 2.75) is 19.4 Å². The molecule has 2 N–H and O–H groups in total. The van der Waals surface area contributed by atoms with Gasteiger partial charge < -0.3 is 15.2 Å². The van der Waals surface area contributed by atoms with E-state index in [-0.39, 0.29) is 5.75 Å². The van der Waals surface area contributed by atoms with E-state index in [4.69, 9.17) is 27.9 Å². The van der Waals surface area contributed by atoms with Crippen LogP contribution in [0.1, 0.15) is 18.4 Å². The molecule has 0 saturated carbocycles. The van der Waals surface area contributed by atoms with Crippen molar-refractivity contribution in [2.24, 2.45) is 0 Å². The maximum atomic E-state index is 9.56. The van der Waals surface area contributed by atoms with Crippen LogP contribution in [0.25, 0.3) is 0 Å². The molecule has 1 fully saturated rings. The quantitative estimate of drug-likeness (QED) is 0.855. The van der Waals surface area contributed by atoms with Crippen LogP contribution in [0.2, 0.25) is 10.0 Å². The summed E-state index contributed by atoms with van der Waals surface area (Å²) in [5, 5.41) is 14.0. The van der Waals surface area contributed by atoms with Gasteiger partial charge in [-0.05, 0) is 55.8 Å². The molecular formula is C17H19Cl2NO2. The lowest BCUT2D eigenvalue weighted by Gasteiger charge is -2.08. The zero-order valence-corrected chi connectivity index (χ0v) is 13.7. The molecule has 3 rings (SSSR count). The van der Waals surface area contributed by atoms with Crippen LogP contribution in [0.3, 0.4) is 0 Å². The van der Waals surface area contributed by atoms with Crippen LogP contribution in [0.4, 0.5) is 0 Å². The van der Waals surface area contributed by atoms with Crippen molar-refractivity contribution in [3.8, 4) is 11.5 Å². The maximum Gasteiger partial charge on any atom is 0.162 e. The van der Waals surface area contributed by atoms with Crippen molar-refractivity contribution >= 4 is 23.2 Å². The molecule has 0 aliphatic carbocycles. The van der Waals surface area contributed by atoms with Crippen molar-refractivity contribution < 1.29 is 9.84 Å². The first kappa shape index (κ1) is 16.9. The third-order valence-corrected chi connectivity index (χ3v) is 3.63. The molecule has 2 aromatic rings. The van der Waals surface area contributed by atoms with Gasteiger partial charge in [0.2, 0.25) is 0 Å². The summed E-state index contributed by atoms with van der Waals surface area (Å²) in [6, 6.07) is 12.0. The van der Waals surface area contributed by atoms with Gasteiger partial charge >= 0.3 is 0 Å². The molecule has 0 atom stereocenters. The standard InChI is InChI=1S/C13H10Cl2O2.C4H9N/c14-10-3-1-2-9(6-10)8-17-13-7-11(15)4-5-12(13)16;1-2-4-5-3-1/h1-7,16H,8H2;5H,1-4H2. The monoisotopic (exact) mass is 339 g/mol. The first-order valence-corrected chi connectivity index (χ1v) is 7.97. The number of phenols is 1. The Morgan fingerprint density at radius 3 is 2.36 bits per heavy atom. The van der Waals surface area contributed by atoms with Gasteiger partial charge in [-0.3, -0.25) is 0 Å². The molecule has 3 nitrogen and oxygen atoms in total. The van der Waals surface area contributed by atoms with Gasteiger partial charge in [0, 0.05) is 16.1 Å². The molecule has 0 amide bonds. The minimum atomic E-state index is 0.0661. The highest BCUT2D eigenvalue weighted by atomic mass is 35.5. The molecule has 22 heavy (non-hydrogen) atoms. The van der Waals surface area contributed by atoms with Crippen molar-refractivity contribution in [2.75, 3.05) is 13.1 Å². The highest BCUT2D eigenvalue weighted by molar-refractivity contribution is 6.31. The molecule has 0 aromatic heterocycles. The number of hydrogen-bond acceptors (Lipinski definition) is 3. The number of hydrogen-bond donors (Lipinski definition) is 2. The zero-order valence-electron chi connectivity index (χ0n) is 12.2. The Kier molecular flexibility index (Phi) is 6.84. The van der Waals surface area contributed by atoms with Crippen LogP contribution in [0.15, 0.2) is 42.5 Å². The molecule has 0 radical (unpaired) electrons. The topological polar surface area (TPSA) is 41.5 Å². The molecule has 2 aromatic carbocycles. The SMILES string of the molecule is C1CCNC1.Oc1ccc(Cl)cc1OCc1cccc(Cl)c1. The summed E-state index contributed by atoms with van der Waals surface area (Å²) in [5.41, 5.74) is 0.928. The molecule has 0 bridgehead atoms. The number of rotatable bonds is 3. The fraction of sp³-hybridized carbons (Fsp3) is 0.294. The van der Waals surface area contributed by atoms with Crippen LogP contribution >= 0.6 is 23.2 Å². The molecule has 118 valence electrons. The maximum absolute atomic E-state index is 9.56. The summed E-state index contributed by atoms with van der Waals surface area (Å²) in [6.45, 7) is 2.83. The van der Waals surface area contributed by atoms with Gasteiger partial charge in [0.15, 0.2) is 11.5 Å². The molecule has 0 spiro atoms. The van der Waals surface area contributed by atoms with Crippen molar-refractivity contribution in [3.63, 3.8) is 0 Å². The second-order valence-corrected chi connectivity index (χ2v) is 5.86. The van der Waals surface area contributed by atoms with Gasteiger partial charge in [0.25, 0.3) is 0 Å². The van der Waals surface area contributed by atoms with Gasteiger partial charge in [-0.15, -0.1) is 0 Å². The fourth-order valence-electron chi connectivity index (χ4n) is 2.02. The average molecular weight is 340 g/mol. The van der Waals surface area contributed by atoms with Crippen LogP contribution in [0.5, 0.6) is 11.5 Å². The Labute approximate surface area is 140 Å². The van der Waals surface area contributed by atoms with Gasteiger partial charge in [-0.1, -0.05) is 35.3 Å². The third-order valence-electron chi connectivity index (χ3n) is 3.16. The summed E-state index contributed by atoms with van der Waals surface area (Å²) in [4.78, 5) is 0. The van der Waals surface area contributed by atoms with Gasteiger partial charge in [0.1, 0.15) is 6.61 Å². The van der Waals surface area contributed by atoms with Crippen molar-refractivity contribution in [3.05, 3.63) is 58.1 Å². The van der Waals surface area contributed by atoms with Gasteiger partial charge in [-0.25, -0.2) is 0 Å². The van der Waals surface area contributed by atoms with Crippen LogP contribution in [0, 0.1) is 0 Å². The summed E-state index contributed by atoms with van der Waals surface area (Å²) in [6.07, 6.45) is 2.78. The van der Waals surface area contributed by atoms with E-state index in [0.717, 1.165) is 5.56 Å². The number of phenolic OH excluding ortho intramolecular Hbond substituents is 1. The van der Waals surface area contributed by atoms with Crippen molar-refractivity contribution in [1.29, 1.82) is 0 Å². The minimum Gasteiger partial charge on any atom is -0.504 e. The number of halogens is 2. The van der Waals surface area contributed by atoms with E-state index in [0.29, 0.717) is 22.4 Å². The van der Waals surface area contributed by atoms with E-state index in [1.807, 2.05) is 18.2 Å². The Balaban J connectivity index is 0.000000299. The van der Waals surface area contributed by atoms with E-state index >= 15 is 0 Å². The van der Waals surface area contributed by atoms with E-state index in [9.17, 15) is 5.11 Å². The predicted octanol–water partition coefficient (Wildman–Crippen LogP) is 4.65. The van der Waals surface area contributed by atoms with Crippen LogP contribution in [-0.2, 0) is 6.61 Å². The van der Waals surface area contributed by atoms with E-state index in [1.54, 1.807) is 18.2 Å². The van der Waals surface area contributed by atoms with E-state index < -0.39 is 0 Å². The Hall–Kier alpha value is -1.42. The smallest absolute Gasteiger partial charge is 0.162 e. The lowest BCUT2D eigenvalue weighted by atomic mass is 10.2. The van der Waals surface area contributed by atoms with Crippen LogP contribution in [-0.4, -0.2) is 18.2 Å². The zero-order chi connectivity index (χ0) is 15.8. The number of ether oxygens (including phenoxy) is 1. The second-order valence-electron chi connectivity index (χ2n) is 4.99. The first-order chi connectivity index (χ1) is 10.6. The molecular weight excluding hydrogens is 321 g/mol. The van der Waals surface area contributed by atoms with Crippen molar-refractivity contribution in [1.82, 2.24) is 5.32 Å². The lowest BCUT2D eigenvalue weighted by Crippen LogP contribution is -2.03. The molecule has 1 saturated heterocycles. The molecule has 5 heteroatoms. The molecule has 1 aliphatic rings. The fourth-order valence-corrected chi connectivity index (χ4v) is 2.39. The third kappa shape index (κ3) is 5.76.